The van der Waals surface area contributed by atoms with Crippen molar-refractivity contribution in [1.29, 1.82) is 0 Å². The lowest BCUT2D eigenvalue weighted by molar-refractivity contribution is -0.384. The Morgan fingerprint density at radius 1 is 1.14 bits per heavy atom. The summed E-state index contributed by atoms with van der Waals surface area (Å²) in [5.41, 5.74) is 1.50. The van der Waals surface area contributed by atoms with Gasteiger partial charge >= 0.3 is 0 Å². The van der Waals surface area contributed by atoms with Crippen LogP contribution in [0, 0.1) is 10.1 Å². The molecule has 0 spiro atoms. The highest BCUT2D eigenvalue weighted by Crippen LogP contribution is 2.13. The van der Waals surface area contributed by atoms with E-state index in [4.69, 9.17) is 0 Å². The number of carbonyl (C=O) groups is 1. The molecule has 0 aliphatic rings. The quantitative estimate of drug-likeness (QED) is 0.650. The first kappa shape index (κ1) is 14.5. The van der Waals surface area contributed by atoms with Crippen LogP contribution in [0.25, 0.3) is 0 Å². The van der Waals surface area contributed by atoms with Crippen molar-refractivity contribution in [3.63, 3.8) is 0 Å². The molecule has 2 aromatic rings. The summed E-state index contributed by atoms with van der Waals surface area (Å²) in [6.07, 6.45) is 0.150. The highest BCUT2D eigenvalue weighted by molar-refractivity contribution is 5.78. The van der Waals surface area contributed by atoms with Gasteiger partial charge in [0.15, 0.2) is 0 Å². The van der Waals surface area contributed by atoms with Gasteiger partial charge in [0.2, 0.25) is 5.91 Å². The molecule has 6 nitrogen and oxygen atoms in total. The van der Waals surface area contributed by atoms with Crippen LogP contribution < -0.4 is 5.32 Å². The standard InChI is InChI=1S/C15H14N2O4/c18-14-3-1-2-12(8-14)10-16-15(19)9-11-4-6-13(7-5-11)17(20)21/h1-8,18H,9-10H2,(H,16,19). The van der Waals surface area contributed by atoms with Crippen LogP contribution in [0.5, 0.6) is 5.75 Å². The first-order valence-corrected chi connectivity index (χ1v) is 6.32. The van der Waals surface area contributed by atoms with Crippen LogP contribution in [0.3, 0.4) is 0 Å². The van der Waals surface area contributed by atoms with Gasteiger partial charge in [-0.1, -0.05) is 24.3 Å². The maximum absolute atomic E-state index is 11.8. The fraction of sp³-hybridized carbons (Fsp3) is 0.133. The Bertz CT molecular complexity index is 653. The number of aromatic hydroxyl groups is 1. The first-order chi connectivity index (χ1) is 10.0. The predicted octanol–water partition coefficient (Wildman–Crippen LogP) is 2.16. The van der Waals surface area contributed by atoms with Gasteiger partial charge in [-0.2, -0.15) is 0 Å². The van der Waals surface area contributed by atoms with E-state index in [1.807, 2.05) is 0 Å². The number of phenolic OH excluding ortho intramolecular Hbond substituents is 1. The Hall–Kier alpha value is -2.89. The zero-order valence-corrected chi connectivity index (χ0v) is 11.2. The fourth-order valence-electron chi connectivity index (χ4n) is 1.85. The molecule has 108 valence electrons. The number of hydrogen-bond acceptors (Lipinski definition) is 4. The Labute approximate surface area is 121 Å². The average molecular weight is 286 g/mol. The molecule has 2 N–H and O–H groups in total. The summed E-state index contributed by atoms with van der Waals surface area (Å²) >= 11 is 0. The normalized spacial score (nSPS) is 10.1. The number of non-ortho nitro benzene ring substituents is 1. The monoisotopic (exact) mass is 286 g/mol. The number of nitro benzene ring substituents is 1. The zero-order valence-electron chi connectivity index (χ0n) is 11.2. The lowest BCUT2D eigenvalue weighted by atomic mass is 10.1. The molecule has 0 aromatic heterocycles. The van der Waals surface area contributed by atoms with Gasteiger partial charge in [-0.15, -0.1) is 0 Å². The van der Waals surface area contributed by atoms with Gasteiger partial charge in [0.1, 0.15) is 5.75 Å². The van der Waals surface area contributed by atoms with E-state index in [1.54, 1.807) is 36.4 Å². The second-order valence-electron chi connectivity index (χ2n) is 4.55. The molecule has 0 atom stereocenters. The molecule has 2 rings (SSSR count). The zero-order chi connectivity index (χ0) is 15.2. The van der Waals surface area contributed by atoms with E-state index in [-0.39, 0.29) is 23.8 Å². The van der Waals surface area contributed by atoms with Crippen molar-refractivity contribution in [2.75, 3.05) is 0 Å². The molecular weight excluding hydrogens is 272 g/mol. The van der Waals surface area contributed by atoms with E-state index >= 15 is 0 Å². The molecule has 0 aliphatic carbocycles. The van der Waals surface area contributed by atoms with E-state index in [0.29, 0.717) is 12.1 Å². The molecule has 0 heterocycles. The molecule has 1 amide bonds. The maximum atomic E-state index is 11.8. The molecule has 0 unspecified atom stereocenters. The number of hydrogen-bond donors (Lipinski definition) is 2. The molecule has 0 bridgehead atoms. The first-order valence-electron chi connectivity index (χ1n) is 6.32. The third-order valence-corrected chi connectivity index (χ3v) is 2.91. The van der Waals surface area contributed by atoms with Crippen molar-refractivity contribution in [2.24, 2.45) is 0 Å². The summed E-state index contributed by atoms with van der Waals surface area (Å²) < 4.78 is 0. The van der Waals surface area contributed by atoms with Crippen LogP contribution in [0.4, 0.5) is 5.69 Å². The van der Waals surface area contributed by atoms with Crippen LogP contribution in [0.2, 0.25) is 0 Å². The number of benzene rings is 2. The average Bonchev–Trinajstić information content (AvgIpc) is 2.46. The van der Waals surface area contributed by atoms with E-state index in [9.17, 15) is 20.0 Å². The maximum Gasteiger partial charge on any atom is 0.269 e. The van der Waals surface area contributed by atoms with Crippen molar-refractivity contribution in [1.82, 2.24) is 5.32 Å². The van der Waals surface area contributed by atoms with Crippen LogP contribution in [-0.2, 0) is 17.8 Å². The Balaban J connectivity index is 1.88. The molecular formula is C15H14N2O4. The van der Waals surface area contributed by atoms with Gasteiger partial charge in [0.25, 0.3) is 5.69 Å². The number of amides is 1. The molecule has 0 saturated heterocycles. The second-order valence-corrected chi connectivity index (χ2v) is 4.55. The number of nitro groups is 1. The molecule has 0 radical (unpaired) electrons. The van der Waals surface area contributed by atoms with Crippen LogP contribution in [0.1, 0.15) is 11.1 Å². The van der Waals surface area contributed by atoms with Gasteiger partial charge in [0, 0.05) is 18.7 Å². The number of rotatable bonds is 5. The highest BCUT2D eigenvalue weighted by atomic mass is 16.6. The summed E-state index contributed by atoms with van der Waals surface area (Å²) in [6, 6.07) is 12.5. The van der Waals surface area contributed by atoms with Crippen LogP contribution in [0.15, 0.2) is 48.5 Å². The van der Waals surface area contributed by atoms with Crippen molar-refractivity contribution < 1.29 is 14.8 Å². The SMILES string of the molecule is O=C(Cc1ccc([N+](=O)[O-])cc1)NCc1cccc(O)c1. The van der Waals surface area contributed by atoms with E-state index in [2.05, 4.69) is 5.32 Å². The van der Waals surface area contributed by atoms with Crippen molar-refractivity contribution in [3.05, 3.63) is 69.8 Å². The van der Waals surface area contributed by atoms with Gasteiger partial charge < -0.3 is 10.4 Å². The van der Waals surface area contributed by atoms with Crippen LogP contribution >= 0.6 is 0 Å². The van der Waals surface area contributed by atoms with E-state index in [0.717, 1.165) is 5.56 Å². The minimum Gasteiger partial charge on any atom is -0.508 e. The highest BCUT2D eigenvalue weighted by Gasteiger charge is 2.07. The van der Waals surface area contributed by atoms with Gasteiger partial charge in [-0.3, -0.25) is 14.9 Å². The third-order valence-electron chi connectivity index (χ3n) is 2.91. The molecule has 0 aliphatic heterocycles. The Kier molecular flexibility index (Phi) is 4.50. The topological polar surface area (TPSA) is 92.5 Å². The smallest absolute Gasteiger partial charge is 0.269 e. The summed E-state index contributed by atoms with van der Waals surface area (Å²) in [5.74, 6) is -0.0377. The summed E-state index contributed by atoms with van der Waals surface area (Å²) in [4.78, 5) is 21.8. The predicted molar refractivity (Wildman–Crippen MR) is 76.8 cm³/mol. The fourth-order valence-corrected chi connectivity index (χ4v) is 1.85. The van der Waals surface area contributed by atoms with Gasteiger partial charge in [-0.05, 0) is 23.3 Å². The summed E-state index contributed by atoms with van der Waals surface area (Å²) in [5, 5.41) is 22.6. The van der Waals surface area contributed by atoms with Crippen LogP contribution in [-0.4, -0.2) is 15.9 Å². The second kappa shape index (κ2) is 6.51. The number of carbonyl (C=O) groups excluding carboxylic acids is 1. The Morgan fingerprint density at radius 3 is 2.48 bits per heavy atom. The van der Waals surface area contributed by atoms with Gasteiger partial charge in [-0.25, -0.2) is 0 Å². The third kappa shape index (κ3) is 4.31. The minimum absolute atomic E-state index is 0.00100. The molecule has 21 heavy (non-hydrogen) atoms. The molecule has 0 saturated carbocycles. The van der Waals surface area contributed by atoms with Crippen molar-refractivity contribution >= 4 is 11.6 Å². The van der Waals surface area contributed by atoms with Crippen molar-refractivity contribution in [2.45, 2.75) is 13.0 Å². The number of nitrogens with one attached hydrogen (secondary N) is 1. The molecule has 0 fully saturated rings. The van der Waals surface area contributed by atoms with Crippen molar-refractivity contribution in [3.8, 4) is 5.75 Å². The number of phenols is 1. The lowest BCUT2D eigenvalue weighted by Crippen LogP contribution is -2.24. The minimum atomic E-state index is -0.480. The Morgan fingerprint density at radius 2 is 1.86 bits per heavy atom. The molecule has 2 aromatic carbocycles. The van der Waals surface area contributed by atoms with Gasteiger partial charge in [0.05, 0.1) is 11.3 Å². The van der Waals surface area contributed by atoms with E-state index in [1.165, 1.54) is 12.1 Å². The summed E-state index contributed by atoms with van der Waals surface area (Å²) in [7, 11) is 0. The lowest BCUT2D eigenvalue weighted by Gasteiger charge is -2.06. The van der Waals surface area contributed by atoms with E-state index < -0.39 is 4.92 Å². The molecule has 6 heteroatoms. The largest absolute Gasteiger partial charge is 0.508 e. The summed E-state index contributed by atoms with van der Waals surface area (Å²) in [6.45, 7) is 0.320. The number of nitrogens with zero attached hydrogens (tertiary/aromatic N) is 1.